The van der Waals surface area contributed by atoms with Crippen LogP contribution in [-0.2, 0) is 9.59 Å². The normalized spacial score (nSPS) is 32.9. The molecule has 3 unspecified atom stereocenters. The van der Waals surface area contributed by atoms with Gasteiger partial charge in [0.1, 0.15) is 0 Å². The van der Waals surface area contributed by atoms with Crippen LogP contribution in [0.2, 0.25) is 0 Å². The number of aliphatic carboxylic acids is 1. The summed E-state index contributed by atoms with van der Waals surface area (Å²) in [4.78, 5) is 22.2. The second-order valence-corrected chi connectivity index (χ2v) is 5.37. The highest BCUT2D eigenvalue weighted by atomic mass is 16.4. The van der Waals surface area contributed by atoms with Gasteiger partial charge in [0.15, 0.2) is 0 Å². The van der Waals surface area contributed by atoms with E-state index in [9.17, 15) is 9.59 Å². The van der Waals surface area contributed by atoms with Gasteiger partial charge in [-0.05, 0) is 37.0 Å². The van der Waals surface area contributed by atoms with Crippen LogP contribution in [0, 0.1) is 23.7 Å². The quantitative estimate of drug-likeness (QED) is 0.740. The van der Waals surface area contributed by atoms with E-state index in [0.717, 1.165) is 24.7 Å². The summed E-state index contributed by atoms with van der Waals surface area (Å²) in [6.07, 6.45) is 3.53. The van der Waals surface area contributed by atoms with Gasteiger partial charge in [-0.1, -0.05) is 6.92 Å². The smallest absolute Gasteiger partial charge is 0.303 e. The molecule has 0 radical (unpaired) electrons. The van der Waals surface area contributed by atoms with Crippen molar-refractivity contribution < 1.29 is 14.7 Å². The lowest BCUT2D eigenvalue weighted by atomic mass is 10.0. The van der Waals surface area contributed by atoms with Gasteiger partial charge in [-0.15, -0.1) is 0 Å². The maximum atomic E-state index is 11.7. The molecule has 0 heterocycles. The van der Waals surface area contributed by atoms with E-state index in [0.29, 0.717) is 6.54 Å². The van der Waals surface area contributed by atoms with Crippen molar-refractivity contribution in [2.45, 2.75) is 32.6 Å². The van der Waals surface area contributed by atoms with Gasteiger partial charge in [-0.25, -0.2) is 0 Å². The van der Waals surface area contributed by atoms with Gasteiger partial charge in [0.25, 0.3) is 0 Å². The van der Waals surface area contributed by atoms with Gasteiger partial charge in [0, 0.05) is 18.9 Å². The monoisotopic (exact) mass is 225 g/mol. The van der Waals surface area contributed by atoms with Gasteiger partial charge < -0.3 is 10.4 Å². The van der Waals surface area contributed by atoms with Crippen molar-refractivity contribution in [1.29, 1.82) is 0 Å². The predicted molar refractivity (Wildman–Crippen MR) is 58.7 cm³/mol. The Morgan fingerprint density at radius 1 is 1.31 bits per heavy atom. The van der Waals surface area contributed by atoms with E-state index < -0.39 is 5.97 Å². The van der Waals surface area contributed by atoms with E-state index in [1.807, 2.05) is 6.92 Å². The van der Waals surface area contributed by atoms with E-state index >= 15 is 0 Å². The highest BCUT2D eigenvalue weighted by molar-refractivity contribution is 5.79. The fraction of sp³-hybridized carbons (Fsp3) is 0.833. The van der Waals surface area contributed by atoms with Crippen molar-refractivity contribution in [3.8, 4) is 0 Å². The fourth-order valence-corrected chi connectivity index (χ4v) is 2.72. The van der Waals surface area contributed by atoms with Crippen molar-refractivity contribution in [3.05, 3.63) is 0 Å². The van der Waals surface area contributed by atoms with E-state index in [-0.39, 0.29) is 24.2 Å². The minimum atomic E-state index is -0.802. The summed E-state index contributed by atoms with van der Waals surface area (Å²) in [5, 5.41) is 11.5. The summed E-state index contributed by atoms with van der Waals surface area (Å²) in [6.45, 7) is 2.33. The molecular formula is C12H19NO3. The molecule has 0 spiro atoms. The van der Waals surface area contributed by atoms with E-state index in [1.165, 1.54) is 6.42 Å². The lowest BCUT2D eigenvalue weighted by Crippen LogP contribution is -2.33. The number of carbonyl (C=O) groups excluding carboxylic acids is 1. The summed E-state index contributed by atoms with van der Waals surface area (Å²) in [5.41, 5.74) is 0. The molecule has 0 saturated heterocycles. The first-order valence-electron chi connectivity index (χ1n) is 6.05. The van der Waals surface area contributed by atoms with Gasteiger partial charge in [0.2, 0.25) is 5.91 Å². The molecule has 4 nitrogen and oxygen atoms in total. The molecule has 0 aromatic carbocycles. The van der Waals surface area contributed by atoms with Gasteiger partial charge in [-0.2, -0.15) is 0 Å². The molecular weight excluding hydrogens is 206 g/mol. The van der Waals surface area contributed by atoms with Crippen LogP contribution in [-0.4, -0.2) is 23.5 Å². The Kier molecular flexibility index (Phi) is 3.17. The number of carbonyl (C=O) groups is 2. The van der Waals surface area contributed by atoms with Crippen LogP contribution in [0.3, 0.4) is 0 Å². The molecule has 2 fully saturated rings. The Balaban J connectivity index is 1.65. The topological polar surface area (TPSA) is 66.4 Å². The molecule has 1 amide bonds. The predicted octanol–water partition coefficient (Wildman–Crippen LogP) is 1.26. The molecule has 2 N–H and O–H groups in total. The van der Waals surface area contributed by atoms with Crippen molar-refractivity contribution in [1.82, 2.24) is 5.32 Å². The Hall–Kier alpha value is -1.06. The number of hydrogen-bond donors (Lipinski definition) is 2. The van der Waals surface area contributed by atoms with Crippen LogP contribution < -0.4 is 5.32 Å². The van der Waals surface area contributed by atoms with Crippen molar-refractivity contribution >= 4 is 11.9 Å². The Morgan fingerprint density at radius 3 is 2.50 bits per heavy atom. The maximum absolute atomic E-state index is 11.7. The third kappa shape index (κ3) is 2.74. The summed E-state index contributed by atoms with van der Waals surface area (Å²) in [7, 11) is 0. The first kappa shape index (κ1) is 11.4. The number of carboxylic acids is 1. The first-order valence-corrected chi connectivity index (χ1v) is 6.05. The summed E-state index contributed by atoms with van der Waals surface area (Å²) in [6, 6.07) is 0. The molecule has 90 valence electrons. The second kappa shape index (κ2) is 4.44. The van der Waals surface area contributed by atoms with Crippen LogP contribution >= 0.6 is 0 Å². The van der Waals surface area contributed by atoms with Crippen LogP contribution in [0.5, 0.6) is 0 Å². The molecule has 0 bridgehead atoms. The molecule has 2 aliphatic carbocycles. The molecule has 3 atom stereocenters. The lowest BCUT2D eigenvalue weighted by Gasteiger charge is -2.14. The average molecular weight is 225 g/mol. The molecule has 2 saturated carbocycles. The summed E-state index contributed by atoms with van der Waals surface area (Å²) in [5.74, 6) is 1.16. The zero-order chi connectivity index (χ0) is 11.7. The van der Waals surface area contributed by atoms with Crippen LogP contribution in [0.1, 0.15) is 32.6 Å². The molecule has 2 rings (SSSR count). The zero-order valence-electron chi connectivity index (χ0n) is 9.61. The minimum absolute atomic E-state index is 0.0115. The molecule has 0 aliphatic heterocycles. The van der Waals surface area contributed by atoms with Crippen LogP contribution in [0.15, 0.2) is 0 Å². The van der Waals surface area contributed by atoms with Gasteiger partial charge >= 0.3 is 5.97 Å². The van der Waals surface area contributed by atoms with Crippen molar-refractivity contribution in [3.63, 3.8) is 0 Å². The highest BCUT2D eigenvalue weighted by Gasteiger charge is 2.47. The van der Waals surface area contributed by atoms with E-state index in [1.54, 1.807) is 0 Å². The standard InChI is InChI=1S/C12H19NO3/c1-7(2-11(14)15)6-13-12(16)10-4-8-3-9(8)5-10/h7-10H,2-6H2,1H3,(H,13,16)(H,14,15). The molecule has 0 aromatic heterocycles. The van der Waals surface area contributed by atoms with E-state index in [4.69, 9.17) is 5.11 Å². The number of fused-ring (bicyclic) bond motifs is 1. The Morgan fingerprint density at radius 2 is 1.94 bits per heavy atom. The summed E-state index contributed by atoms with van der Waals surface area (Å²) < 4.78 is 0. The number of hydrogen-bond acceptors (Lipinski definition) is 2. The third-order valence-corrected chi connectivity index (χ3v) is 3.76. The highest BCUT2D eigenvalue weighted by Crippen LogP contribution is 2.54. The Labute approximate surface area is 95.4 Å². The maximum Gasteiger partial charge on any atom is 0.303 e. The van der Waals surface area contributed by atoms with Gasteiger partial charge in [-0.3, -0.25) is 9.59 Å². The van der Waals surface area contributed by atoms with Crippen molar-refractivity contribution in [2.24, 2.45) is 23.7 Å². The number of carboxylic acid groups (broad SMARTS) is 1. The van der Waals surface area contributed by atoms with Crippen molar-refractivity contribution in [2.75, 3.05) is 6.54 Å². The molecule has 2 aliphatic rings. The number of rotatable bonds is 5. The van der Waals surface area contributed by atoms with Crippen LogP contribution in [0.4, 0.5) is 0 Å². The molecule has 4 heteroatoms. The lowest BCUT2D eigenvalue weighted by molar-refractivity contribution is -0.138. The first-order chi connectivity index (χ1) is 7.56. The fourth-order valence-electron chi connectivity index (χ4n) is 2.72. The average Bonchev–Trinajstić information content (AvgIpc) is 2.81. The third-order valence-electron chi connectivity index (χ3n) is 3.76. The zero-order valence-corrected chi connectivity index (χ0v) is 9.61. The largest absolute Gasteiger partial charge is 0.481 e. The minimum Gasteiger partial charge on any atom is -0.481 e. The molecule has 0 aromatic rings. The Bertz CT molecular complexity index is 293. The second-order valence-electron chi connectivity index (χ2n) is 5.37. The molecule has 16 heavy (non-hydrogen) atoms. The van der Waals surface area contributed by atoms with Crippen LogP contribution in [0.25, 0.3) is 0 Å². The summed E-state index contributed by atoms with van der Waals surface area (Å²) >= 11 is 0. The van der Waals surface area contributed by atoms with Gasteiger partial charge in [0.05, 0.1) is 0 Å². The SMILES string of the molecule is CC(CNC(=O)C1CC2CC2C1)CC(=O)O. The number of amides is 1. The van der Waals surface area contributed by atoms with E-state index in [2.05, 4.69) is 5.32 Å². The number of nitrogens with one attached hydrogen (secondary N) is 1.